The molecular formula is C37H60N4O4S. The molecule has 1 saturated heterocycles. The number of thioether (sulfide) groups is 1. The second-order valence-corrected chi connectivity index (χ2v) is 15.0. The predicted octanol–water partition coefficient (Wildman–Crippen LogP) is 9.07. The number of ether oxygens (including phenoxy) is 2. The first-order valence-corrected chi connectivity index (χ1v) is 18.9. The third-order valence-corrected chi connectivity index (χ3v) is 11.0. The van der Waals surface area contributed by atoms with Crippen LogP contribution in [0, 0.1) is 5.41 Å². The number of hydrogen-bond acceptors (Lipinski definition) is 8. The number of benzene rings is 1. The molecule has 0 spiro atoms. The van der Waals surface area contributed by atoms with Gasteiger partial charge in [0.1, 0.15) is 11.2 Å². The molecule has 8 nitrogen and oxygen atoms in total. The molecule has 0 aromatic heterocycles. The van der Waals surface area contributed by atoms with E-state index in [4.69, 9.17) is 14.5 Å². The number of aliphatic imine (C=N–C) groups is 1. The fourth-order valence-electron chi connectivity index (χ4n) is 6.92. The molecular weight excluding hydrogens is 596 g/mol. The van der Waals surface area contributed by atoms with E-state index in [1.165, 1.54) is 70.6 Å². The van der Waals surface area contributed by atoms with Crippen molar-refractivity contribution in [2.45, 2.75) is 136 Å². The number of amidine groups is 1. The second kappa shape index (κ2) is 18.5. The van der Waals surface area contributed by atoms with Gasteiger partial charge in [-0.2, -0.15) is 0 Å². The molecule has 0 aliphatic carbocycles. The van der Waals surface area contributed by atoms with Crippen LogP contribution in [0.2, 0.25) is 0 Å². The van der Waals surface area contributed by atoms with E-state index < -0.39 is 24.1 Å². The number of aliphatic hydroxyl groups is 1. The number of carbonyl (C=O) groups excluding carboxylic acids is 1. The molecule has 0 bridgehead atoms. The molecule has 4 unspecified atom stereocenters. The highest BCUT2D eigenvalue weighted by atomic mass is 32.2. The first-order valence-electron chi connectivity index (χ1n) is 18.0. The van der Waals surface area contributed by atoms with Gasteiger partial charge in [-0.1, -0.05) is 102 Å². The van der Waals surface area contributed by atoms with Crippen LogP contribution in [-0.4, -0.2) is 78.0 Å². The zero-order valence-corrected chi connectivity index (χ0v) is 30.0. The van der Waals surface area contributed by atoms with Crippen LogP contribution < -0.4 is 4.90 Å². The standard InChI is InChI=1S/C37H60N4O4S/c1-6-7-8-9-10-11-12-13-14-15-16-17-18-23-33(42)44-30(3)45-36(43)41-32-22-20-19-21-31(32)38-34(40-26-24-39(5)25-27-40)37(4)28-29(2)46-35(37)41/h19-22,28,30,33,35,42H,6-18,23-27H2,1-5H3. The Balaban J connectivity index is 1.25. The van der Waals surface area contributed by atoms with Crippen molar-refractivity contribution in [3.8, 4) is 0 Å². The molecule has 0 radical (unpaired) electrons. The van der Waals surface area contributed by atoms with E-state index in [2.05, 4.69) is 43.7 Å². The predicted molar refractivity (Wildman–Crippen MR) is 192 cm³/mol. The van der Waals surface area contributed by atoms with Crippen LogP contribution in [0.3, 0.4) is 0 Å². The summed E-state index contributed by atoms with van der Waals surface area (Å²) in [6.45, 7) is 12.0. The van der Waals surface area contributed by atoms with Crippen LogP contribution in [0.25, 0.3) is 0 Å². The van der Waals surface area contributed by atoms with Crippen molar-refractivity contribution in [3.05, 3.63) is 35.2 Å². The Morgan fingerprint density at radius 1 is 0.978 bits per heavy atom. The zero-order valence-electron chi connectivity index (χ0n) is 29.2. The summed E-state index contributed by atoms with van der Waals surface area (Å²) >= 11 is 1.68. The van der Waals surface area contributed by atoms with E-state index in [0.717, 1.165) is 61.1 Å². The number of anilines is 1. The smallest absolute Gasteiger partial charge is 0.417 e. The lowest BCUT2D eigenvalue weighted by atomic mass is 9.86. The molecule has 4 rings (SSSR count). The first-order chi connectivity index (χ1) is 22.2. The molecule has 3 aliphatic rings. The van der Waals surface area contributed by atoms with E-state index in [0.29, 0.717) is 6.42 Å². The monoisotopic (exact) mass is 656 g/mol. The van der Waals surface area contributed by atoms with Gasteiger partial charge in [0.15, 0.2) is 6.29 Å². The summed E-state index contributed by atoms with van der Waals surface area (Å²) in [5.74, 6) is 0.996. The lowest BCUT2D eigenvalue weighted by Gasteiger charge is -2.42. The van der Waals surface area contributed by atoms with Crippen LogP contribution in [0.1, 0.15) is 118 Å². The first kappa shape index (κ1) is 36.8. The second-order valence-electron chi connectivity index (χ2n) is 13.7. The van der Waals surface area contributed by atoms with E-state index in [1.54, 1.807) is 23.6 Å². The van der Waals surface area contributed by atoms with E-state index in [9.17, 15) is 9.90 Å². The number of aliphatic hydroxyl groups excluding tert-OH is 1. The quantitative estimate of drug-likeness (QED) is 0.132. The maximum absolute atomic E-state index is 13.9. The molecule has 4 atom stereocenters. The van der Waals surface area contributed by atoms with Crippen LogP contribution in [0.5, 0.6) is 0 Å². The minimum absolute atomic E-state index is 0.259. The van der Waals surface area contributed by atoms with Gasteiger partial charge < -0.3 is 24.4 Å². The van der Waals surface area contributed by atoms with Crippen molar-refractivity contribution >= 4 is 35.1 Å². The Labute approximate surface area is 283 Å². The Morgan fingerprint density at radius 2 is 1.57 bits per heavy atom. The number of piperazine rings is 1. The number of allylic oxidation sites excluding steroid dienone is 1. The highest BCUT2D eigenvalue weighted by Gasteiger charge is 2.52. The maximum atomic E-state index is 13.9. The van der Waals surface area contributed by atoms with Crippen LogP contribution >= 0.6 is 11.8 Å². The van der Waals surface area contributed by atoms with Gasteiger partial charge in [0.2, 0.25) is 6.29 Å². The molecule has 1 aromatic carbocycles. The summed E-state index contributed by atoms with van der Waals surface area (Å²) in [5, 5.41) is 10.3. The summed E-state index contributed by atoms with van der Waals surface area (Å²) in [7, 11) is 2.15. The fourth-order valence-corrected chi connectivity index (χ4v) is 8.31. The molecule has 46 heavy (non-hydrogen) atoms. The van der Waals surface area contributed by atoms with E-state index in [-0.39, 0.29) is 5.37 Å². The number of amides is 1. The maximum Gasteiger partial charge on any atom is 0.417 e. The molecule has 1 fully saturated rings. The van der Waals surface area contributed by atoms with Gasteiger partial charge in [-0.25, -0.2) is 9.79 Å². The molecule has 3 heterocycles. The Hall–Kier alpha value is -2.07. The van der Waals surface area contributed by atoms with Crippen LogP contribution in [0.15, 0.2) is 40.2 Å². The molecule has 1 N–H and O–H groups in total. The van der Waals surface area contributed by atoms with Gasteiger partial charge in [-0.15, -0.1) is 11.8 Å². The minimum Gasteiger partial charge on any atom is -0.419 e. The molecule has 3 aliphatic heterocycles. The summed E-state index contributed by atoms with van der Waals surface area (Å²) in [6.07, 6.45) is 17.1. The average Bonchev–Trinajstić information content (AvgIpc) is 3.27. The Morgan fingerprint density at radius 3 is 2.20 bits per heavy atom. The largest absolute Gasteiger partial charge is 0.419 e. The van der Waals surface area contributed by atoms with Gasteiger partial charge >= 0.3 is 6.09 Å². The number of carbonyl (C=O) groups is 1. The molecule has 9 heteroatoms. The average molecular weight is 657 g/mol. The van der Waals surface area contributed by atoms with Gasteiger partial charge in [0, 0.05) is 26.2 Å². The third-order valence-electron chi connectivity index (χ3n) is 9.57. The molecule has 1 amide bonds. The summed E-state index contributed by atoms with van der Waals surface area (Å²) in [6, 6.07) is 7.81. The van der Waals surface area contributed by atoms with E-state index in [1.807, 2.05) is 24.3 Å². The highest BCUT2D eigenvalue weighted by Crippen LogP contribution is 2.53. The number of unbranched alkanes of at least 4 members (excludes halogenated alkanes) is 12. The Bertz CT molecular complexity index is 1150. The topological polar surface area (TPSA) is 77.8 Å². The number of fused-ring (bicyclic) bond motifs is 2. The third kappa shape index (κ3) is 10.2. The van der Waals surface area contributed by atoms with Gasteiger partial charge in [-0.05, 0) is 57.7 Å². The highest BCUT2D eigenvalue weighted by molar-refractivity contribution is 8.04. The van der Waals surface area contributed by atoms with E-state index >= 15 is 0 Å². The molecule has 0 saturated carbocycles. The van der Waals surface area contributed by atoms with Crippen molar-refractivity contribution in [1.82, 2.24) is 9.80 Å². The zero-order chi connectivity index (χ0) is 32.9. The van der Waals surface area contributed by atoms with Crippen LogP contribution in [0.4, 0.5) is 16.2 Å². The van der Waals surface area contributed by atoms with Gasteiger partial charge in [0.05, 0.1) is 16.8 Å². The summed E-state index contributed by atoms with van der Waals surface area (Å²) < 4.78 is 11.6. The summed E-state index contributed by atoms with van der Waals surface area (Å²) in [5.41, 5.74) is 0.982. The number of nitrogens with zero attached hydrogens (tertiary/aromatic N) is 4. The normalized spacial score (nSPS) is 22.9. The van der Waals surface area contributed by atoms with Crippen LogP contribution in [-0.2, 0) is 9.47 Å². The van der Waals surface area contributed by atoms with Crippen molar-refractivity contribution in [2.24, 2.45) is 10.4 Å². The summed E-state index contributed by atoms with van der Waals surface area (Å²) in [4.78, 5) is 26.8. The lowest BCUT2D eigenvalue weighted by Crippen LogP contribution is -2.56. The van der Waals surface area contributed by atoms with Crippen molar-refractivity contribution in [3.63, 3.8) is 0 Å². The van der Waals surface area contributed by atoms with Gasteiger partial charge in [0.25, 0.3) is 0 Å². The van der Waals surface area contributed by atoms with Gasteiger partial charge in [-0.3, -0.25) is 4.90 Å². The number of hydrogen-bond donors (Lipinski definition) is 1. The number of para-hydroxylation sites is 2. The fraction of sp³-hybridized carbons (Fsp3) is 0.730. The number of rotatable bonds is 17. The molecule has 1 aromatic rings. The lowest BCUT2D eigenvalue weighted by molar-refractivity contribution is -0.200. The Kier molecular flexibility index (Phi) is 14.8. The van der Waals surface area contributed by atoms with Crippen molar-refractivity contribution < 1.29 is 19.4 Å². The van der Waals surface area contributed by atoms with Crippen molar-refractivity contribution in [1.29, 1.82) is 0 Å². The SMILES string of the molecule is CCCCCCCCCCCCCCCC(O)OC(C)OC(=O)N1c2ccccc2N=C(N2CCN(C)CC2)C2(C)C=C(C)SC12. The number of likely N-dealkylation sites (N-methyl/N-ethyl adjacent to an activating group) is 1. The molecule has 258 valence electrons. The van der Waals surface area contributed by atoms with Crippen molar-refractivity contribution in [2.75, 3.05) is 38.1 Å². The minimum atomic E-state index is -0.964.